The fourth-order valence-electron chi connectivity index (χ4n) is 2.12. The number of carbonyl (C=O) groups excluding carboxylic acids is 2. The Kier molecular flexibility index (Phi) is 6.34. The molecule has 1 N–H and O–H groups in total. The SMILES string of the molecule is COCC1O[C@@H](O)C(OC(C)=O)C(OC(C)=O)[C@H]1OC. The number of esters is 2. The minimum absolute atomic E-state index is 0.125. The molecular weight excluding hydrogens is 272 g/mol. The smallest absolute Gasteiger partial charge is 0.303 e. The quantitative estimate of drug-likeness (QED) is 0.659. The zero-order valence-corrected chi connectivity index (χ0v) is 11.9. The van der Waals surface area contributed by atoms with E-state index < -0.39 is 42.6 Å². The Balaban J connectivity index is 2.97. The highest BCUT2D eigenvalue weighted by atomic mass is 16.7. The highest BCUT2D eigenvalue weighted by molar-refractivity contribution is 5.67. The van der Waals surface area contributed by atoms with Crippen molar-refractivity contribution in [1.82, 2.24) is 0 Å². The molecule has 0 aromatic carbocycles. The van der Waals surface area contributed by atoms with Crippen molar-refractivity contribution in [2.45, 2.75) is 44.6 Å². The maximum absolute atomic E-state index is 11.2. The topological polar surface area (TPSA) is 101 Å². The molecule has 5 atom stereocenters. The fraction of sp³-hybridized carbons (Fsp3) is 0.833. The van der Waals surface area contributed by atoms with Crippen LogP contribution in [0.1, 0.15) is 13.8 Å². The van der Waals surface area contributed by atoms with E-state index in [1.807, 2.05) is 0 Å². The van der Waals surface area contributed by atoms with Crippen LogP contribution in [0.5, 0.6) is 0 Å². The number of hydrogen-bond acceptors (Lipinski definition) is 8. The molecule has 3 unspecified atom stereocenters. The summed E-state index contributed by atoms with van der Waals surface area (Å²) < 4.78 is 25.6. The lowest BCUT2D eigenvalue weighted by molar-refractivity contribution is -0.297. The molecule has 0 saturated carbocycles. The Morgan fingerprint density at radius 3 is 2.05 bits per heavy atom. The summed E-state index contributed by atoms with van der Waals surface area (Å²) >= 11 is 0. The summed E-state index contributed by atoms with van der Waals surface area (Å²) in [6, 6.07) is 0. The highest BCUT2D eigenvalue weighted by Crippen LogP contribution is 2.27. The molecule has 8 heteroatoms. The Morgan fingerprint density at radius 1 is 1.05 bits per heavy atom. The van der Waals surface area contributed by atoms with Crippen molar-refractivity contribution in [3.63, 3.8) is 0 Å². The second-order valence-corrected chi connectivity index (χ2v) is 4.37. The van der Waals surface area contributed by atoms with Crippen molar-refractivity contribution >= 4 is 11.9 Å². The van der Waals surface area contributed by atoms with Crippen LogP contribution >= 0.6 is 0 Å². The summed E-state index contributed by atoms with van der Waals surface area (Å²) in [5.41, 5.74) is 0. The van der Waals surface area contributed by atoms with Crippen molar-refractivity contribution in [3.8, 4) is 0 Å². The third-order valence-corrected chi connectivity index (χ3v) is 2.82. The number of carbonyl (C=O) groups is 2. The largest absolute Gasteiger partial charge is 0.455 e. The molecule has 1 heterocycles. The van der Waals surface area contributed by atoms with Crippen molar-refractivity contribution < 1.29 is 38.4 Å². The third-order valence-electron chi connectivity index (χ3n) is 2.82. The van der Waals surface area contributed by atoms with E-state index in [0.717, 1.165) is 0 Å². The summed E-state index contributed by atoms with van der Waals surface area (Å²) in [6.07, 6.45) is -4.96. The Labute approximate surface area is 116 Å². The van der Waals surface area contributed by atoms with Gasteiger partial charge in [0.15, 0.2) is 18.5 Å². The average molecular weight is 292 g/mol. The molecule has 1 saturated heterocycles. The van der Waals surface area contributed by atoms with Crippen molar-refractivity contribution in [2.75, 3.05) is 20.8 Å². The van der Waals surface area contributed by atoms with Gasteiger partial charge in [-0.15, -0.1) is 0 Å². The van der Waals surface area contributed by atoms with Crippen LogP contribution in [-0.2, 0) is 33.3 Å². The molecule has 0 aromatic rings. The molecule has 1 aliphatic heterocycles. The number of hydrogen-bond donors (Lipinski definition) is 1. The van der Waals surface area contributed by atoms with Crippen molar-refractivity contribution in [1.29, 1.82) is 0 Å². The van der Waals surface area contributed by atoms with Crippen molar-refractivity contribution in [2.24, 2.45) is 0 Å². The molecule has 0 bridgehead atoms. The van der Waals surface area contributed by atoms with E-state index in [1.165, 1.54) is 28.1 Å². The highest BCUT2D eigenvalue weighted by Gasteiger charge is 2.49. The van der Waals surface area contributed by atoms with Gasteiger partial charge in [-0.05, 0) is 0 Å². The number of aliphatic hydroxyl groups is 1. The molecule has 0 amide bonds. The van der Waals surface area contributed by atoms with E-state index in [-0.39, 0.29) is 6.61 Å². The van der Waals surface area contributed by atoms with Crippen LogP contribution in [0.3, 0.4) is 0 Å². The van der Waals surface area contributed by atoms with Crippen LogP contribution < -0.4 is 0 Å². The van der Waals surface area contributed by atoms with Crippen LogP contribution in [0.2, 0.25) is 0 Å². The van der Waals surface area contributed by atoms with Crippen molar-refractivity contribution in [3.05, 3.63) is 0 Å². The molecule has 1 aliphatic rings. The maximum atomic E-state index is 11.2. The van der Waals surface area contributed by atoms with E-state index in [1.54, 1.807) is 0 Å². The van der Waals surface area contributed by atoms with Gasteiger partial charge in [-0.1, -0.05) is 0 Å². The average Bonchev–Trinajstić information content (AvgIpc) is 2.33. The molecule has 20 heavy (non-hydrogen) atoms. The molecule has 0 aromatic heterocycles. The van der Waals surface area contributed by atoms with Gasteiger partial charge >= 0.3 is 11.9 Å². The Morgan fingerprint density at radius 2 is 1.60 bits per heavy atom. The lowest BCUT2D eigenvalue weighted by Gasteiger charge is -2.42. The first-order valence-corrected chi connectivity index (χ1v) is 6.10. The molecule has 0 aliphatic carbocycles. The number of methoxy groups -OCH3 is 2. The van der Waals surface area contributed by atoms with Gasteiger partial charge in [0.25, 0.3) is 0 Å². The molecule has 0 spiro atoms. The first kappa shape index (κ1) is 16.8. The van der Waals surface area contributed by atoms with Crippen LogP contribution in [0.25, 0.3) is 0 Å². The van der Waals surface area contributed by atoms with Gasteiger partial charge in [0, 0.05) is 28.1 Å². The van der Waals surface area contributed by atoms with Gasteiger partial charge in [-0.3, -0.25) is 9.59 Å². The molecule has 1 fully saturated rings. The van der Waals surface area contributed by atoms with E-state index in [2.05, 4.69) is 0 Å². The molecule has 116 valence electrons. The zero-order valence-electron chi connectivity index (χ0n) is 11.9. The van der Waals surface area contributed by atoms with Gasteiger partial charge in [0.05, 0.1) is 6.61 Å². The van der Waals surface area contributed by atoms with Gasteiger partial charge in [-0.25, -0.2) is 0 Å². The lowest BCUT2D eigenvalue weighted by atomic mass is 9.98. The van der Waals surface area contributed by atoms with E-state index in [9.17, 15) is 14.7 Å². The zero-order chi connectivity index (χ0) is 15.3. The lowest BCUT2D eigenvalue weighted by Crippen LogP contribution is -2.61. The van der Waals surface area contributed by atoms with Crippen LogP contribution in [0.4, 0.5) is 0 Å². The van der Waals surface area contributed by atoms with Crippen LogP contribution in [0.15, 0.2) is 0 Å². The van der Waals surface area contributed by atoms with Gasteiger partial charge < -0.3 is 28.8 Å². The van der Waals surface area contributed by atoms with Gasteiger partial charge in [0.2, 0.25) is 0 Å². The second kappa shape index (κ2) is 7.53. The number of aliphatic hydroxyl groups excluding tert-OH is 1. The number of ether oxygens (including phenoxy) is 5. The van der Waals surface area contributed by atoms with E-state index in [4.69, 9.17) is 23.7 Å². The minimum atomic E-state index is -1.44. The van der Waals surface area contributed by atoms with E-state index in [0.29, 0.717) is 0 Å². The second-order valence-electron chi connectivity index (χ2n) is 4.37. The summed E-state index contributed by atoms with van der Waals surface area (Å²) in [5.74, 6) is -1.21. The third kappa shape index (κ3) is 4.14. The normalized spacial score (nSPS) is 33.5. The maximum Gasteiger partial charge on any atom is 0.303 e. The predicted octanol–water partition coefficient (Wildman–Crippen LogP) is -0.772. The van der Waals surface area contributed by atoms with Crippen LogP contribution in [0, 0.1) is 0 Å². The minimum Gasteiger partial charge on any atom is -0.455 e. The summed E-state index contributed by atoms with van der Waals surface area (Å²) in [5, 5.41) is 9.91. The standard InChI is InChI=1S/C12H20O8/c1-6(13)18-10-9(17-4)8(5-16-3)20-12(15)11(10)19-7(2)14/h8-12,15H,5H2,1-4H3/t8?,9-,10?,11?,12+/m0/s1. The first-order valence-electron chi connectivity index (χ1n) is 6.10. The monoisotopic (exact) mass is 292 g/mol. The Bertz CT molecular complexity index is 344. The number of rotatable bonds is 5. The molecular formula is C12H20O8. The Hall–Kier alpha value is -1.22. The van der Waals surface area contributed by atoms with Gasteiger partial charge in [0.1, 0.15) is 12.2 Å². The summed E-state index contributed by atoms with van der Waals surface area (Å²) in [6.45, 7) is 2.52. The summed E-state index contributed by atoms with van der Waals surface area (Å²) in [4.78, 5) is 22.3. The van der Waals surface area contributed by atoms with E-state index >= 15 is 0 Å². The molecule has 1 rings (SSSR count). The summed E-state index contributed by atoms with van der Waals surface area (Å²) in [7, 11) is 2.86. The fourth-order valence-corrected chi connectivity index (χ4v) is 2.12. The molecule has 0 radical (unpaired) electrons. The first-order chi connectivity index (χ1) is 9.40. The molecule has 8 nitrogen and oxygen atoms in total. The van der Waals surface area contributed by atoms with Gasteiger partial charge in [-0.2, -0.15) is 0 Å². The predicted molar refractivity (Wildman–Crippen MR) is 64.7 cm³/mol. The van der Waals surface area contributed by atoms with Crippen LogP contribution in [-0.4, -0.2) is 68.6 Å².